The number of fused-ring (bicyclic) bond motifs is 12. The van der Waals surface area contributed by atoms with E-state index in [1.165, 1.54) is 30.9 Å². The van der Waals surface area contributed by atoms with Crippen molar-refractivity contribution in [1.82, 2.24) is 44.0 Å². The third kappa shape index (κ3) is 8.13. The Morgan fingerprint density at radius 2 is 0.807 bits per heavy atom. The molecule has 18 rings (SSSR count). The number of nitrogens with zero attached hydrogens (tertiary/aromatic N) is 9. The Labute approximate surface area is 506 Å². The molecule has 0 aliphatic rings. The lowest BCUT2D eigenvalue weighted by molar-refractivity contribution is 0.669. The maximum Gasteiger partial charge on any atom is 0.165 e. The molecule has 88 heavy (non-hydrogen) atoms. The summed E-state index contributed by atoms with van der Waals surface area (Å²) >= 11 is 1.81. The highest BCUT2D eigenvalue weighted by atomic mass is 32.1. The minimum absolute atomic E-state index is 0.545. The molecule has 0 aliphatic heterocycles. The van der Waals surface area contributed by atoms with Crippen LogP contribution in [0.5, 0.6) is 0 Å². The van der Waals surface area contributed by atoms with Gasteiger partial charge in [-0.25, -0.2) is 34.9 Å². The van der Waals surface area contributed by atoms with Gasteiger partial charge >= 0.3 is 0 Å². The Balaban J connectivity index is 0.760. The first kappa shape index (κ1) is 49.6. The number of benzene rings is 11. The van der Waals surface area contributed by atoms with Gasteiger partial charge in [0, 0.05) is 104 Å². The molecule has 410 valence electrons. The zero-order valence-corrected chi connectivity index (χ0v) is 47.6. The first-order valence-electron chi connectivity index (χ1n) is 29.2. The summed E-state index contributed by atoms with van der Waals surface area (Å²) in [5.41, 5.74) is 14.4. The van der Waals surface area contributed by atoms with Crippen LogP contribution in [0.4, 0.5) is 0 Å². The number of thiophene rings is 1. The Kier molecular flexibility index (Phi) is 11.2. The first-order valence-corrected chi connectivity index (χ1v) is 30.0. The number of rotatable bonds is 9. The van der Waals surface area contributed by atoms with Crippen molar-refractivity contribution in [2.75, 3.05) is 0 Å². The topological polar surface area (TPSA) is 113 Å². The maximum atomic E-state index is 6.43. The van der Waals surface area contributed by atoms with Crippen molar-refractivity contribution < 1.29 is 4.42 Å². The van der Waals surface area contributed by atoms with Crippen LogP contribution in [0, 0.1) is 0 Å². The molecular weight excluding hydrogens is 1100 g/mol. The molecule has 7 aromatic heterocycles. The summed E-state index contributed by atoms with van der Waals surface area (Å²) in [7, 11) is 0. The van der Waals surface area contributed by atoms with E-state index in [0.717, 1.165) is 111 Å². The Morgan fingerprint density at radius 1 is 0.284 bits per heavy atom. The molecule has 11 heteroatoms. The molecule has 0 saturated carbocycles. The van der Waals surface area contributed by atoms with E-state index >= 15 is 0 Å². The van der Waals surface area contributed by atoms with Gasteiger partial charge in [0.2, 0.25) is 0 Å². The van der Waals surface area contributed by atoms with Crippen LogP contribution in [-0.2, 0) is 0 Å². The van der Waals surface area contributed by atoms with Gasteiger partial charge in [-0.3, -0.25) is 4.57 Å². The van der Waals surface area contributed by atoms with Gasteiger partial charge in [-0.15, -0.1) is 11.3 Å². The van der Waals surface area contributed by atoms with Crippen molar-refractivity contribution in [3.05, 3.63) is 273 Å². The summed E-state index contributed by atoms with van der Waals surface area (Å²) in [5, 5.41) is 9.25. The highest BCUT2D eigenvalue weighted by Gasteiger charge is 2.23. The van der Waals surface area contributed by atoms with E-state index in [0.29, 0.717) is 34.9 Å². The molecule has 11 aromatic carbocycles. The van der Waals surface area contributed by atoms with Crippen LogP contribution in [0.2, 0.25) is 0 Å². The molecule has 0 N–H and O–H groups in total. The van der Waals surface area contributed by atoms with Gasteiger partial charge in [0.15, 0.2) is 34.9 Å². The average molecular weight is 1140 g/mol. The van der Waals surface area contributed by atoms with Crippen LogP contribution >= 0.6 is 11.3 Å². The van der Waals surface area contributed by atoms with Crippen LogP contribution < -0.4 is 0 Å². The molecule has 0 atom stereocenters. The summed E-state index contributed by atoms with van der Waals surface area (Å²) in [6.45, 7) is 0. The van der Waals surface area contributed by atoms with E-state index in [4.69, 9.17) is 39.3 Å². The molecule has 0 spiro atoms. The fourth-order valence-corrected chi connectivity index (χ4v) is 13.9. The highest BCUT2D eigenvalue weighted by molar-refractivity contribution is 7.25. The molecule has 0 aliphatic carbocycles. The number of pyridine rings is 1. The molecule has 0 unspecified atom stereocenters. The first-order chi connectivity index (χ1) is 43.6. The fraction of sp³-hybridized carbons (Fsp3) is 0. The van der Waals surface area contributed by atoms with Crippen LogP contribution in [0.1, 0.15) is 0 Å². The molecule has 10 nitrogen and oxygen atoms in total. The quantitative estimate of drug-likeness (QED) is 0.140. The van der Waals surface area contributed by atoms with E-state index in [2.05, 4.69) is 173 Å². The van der Waals surface area contributed by atoms with E-state index in [1.807, 2.05) is 121 Å². The monoisotopic (exact) mass is 1140 g/mol. The molecule has 0 fully saturated rings. The minimum atomic E-state index is 0.545. The molecule has 0 bridgehead atoms. The standard InChI is InChI=1S/C77H45N9OS/c1-4-18-46(19-5-1)72-80-75(49-34-37-53(38-35-49)85-62-30-13-10-26-55(62)58-41-59-56-27-11-14-32-66(56)87-67(59)43-64(58)85)82-76(81-72)51-25-16-24-50(40-51)54-29-17-31-63-71(54)61-42-60-57-28-12-15-33-68(57)88-69(60)44-65(61)86(63)70-39-36-52(45-78-70)77-83-73(47-20-6-2-7-21-47)79-74(84-77)48-22-8-3-9-23-48/h1-45H. The van der Waals surface area contributed by atoms with Crippen LogP contribution in [0.25, 0.3) is 177 Å². The molecule has 18 aromatic rings. The second kappa shape index (κ2) is 19.9. The third-order valence-electron chi connectivity index (χ3n) is 16.9. The lowest BCUT2D eigenvalue weighted by Crippen LogP contribution is -2.01. The van der Waals surface area contributed by atoms with Gasteiger partial charge in [0.25, 0.3) is 0 Å². The zero-order valence-electron chi connectivity index (χ0n) is 46.8. The predicted molar refractivity (Wildman–Crippen MR) is 358 cm³/mol. The van der Waals surface area contributed by atoms with Gasteiger partial charge in [0.1, 0.15) is 17.0 Å². The number of aromatic nitrogens is 9. The molecular formula is C77H45N9OS. The lowest BCUT2D eigenvalue weighted by Gasteiger charge is -2.12. The van der Waals surface area contributed by atoms with Crippen molar-refractivity contribution in [2.45, 2.75) is 0 Å². The summed E-state index contributed by atoms with van der Waals surface area (Å²) in [5.74, 6) is 4.25. The highest BCUT2D eigenvalue weighted by Crippen LogP contribution is 2.45. The molecule has 0 radical (unpaired) electrons. The zero-order chi connectivity index (χ0) is 57.8. The molecule has 0 amide bonds. The Morgan fingerprint density at radius 3 is 1.49 bits per heavy atom. The minimum Gasteiger partial charge on any atom is -0.456 e. The predicted octanol–water partition coefficient (Wildman–Crippen LogP) is 19.6. The van der Waals surface area contributed by atoms with Crippen molar-refractivity contribution >= 4 is 97.1 Å². The smallest absolute Gasteiger partial charge is 0.165 e. The van der Waals surface area contributed by atoms with Crippen molar-refractivity contribution in [1.29, 1.82) is 0 Å². The van der Waals surface area contributed by atoms with E-state index in [9.17, 15) is 0 Å². The van der Waals surface area contributed by atoms with Gasteiger partial charge < -0.3 is 8.98 Å². The van der Waals surface area contributed by atoms with Crippen LogP contribution in [-0.4, -0.2) is 44.0 Å². The van der Waals surface area contributed by atoms with Crippen molar-refractivity contribution in [3.63, 3.8) is 0 Å². The fourth-order valence-electron chi connectivity index (χ4n) is 12.8. The van der Waals surface area contributed by atoms with Crippen molar-refractivity contribution in [3.8, 4) is 91.0 Å². The summed E-state index contributed by atoms with van der Waals surface area (Å²) < 4.78 is 13.5. The molecule has 7 heterocycles. The van der Waals surface area contributed by atoms with E-state index < -0.39 is 0 Å². The van der Waals surface area contributed by atoms with Crippen LogP contribution in [0.15, 0.2) is 278 Å². The van der Waals surface area contributed by atoms with E-state index in [1.54, 1.807) is 0 Å². The van der Waals surface area contributed by atoms with Gasteiger partial charge in [-0.2, -0.15) is 0 Å². The number of furan rings is 1. The molecule has 0 saturated heterocycles. The van der Waals surface area contributed by atoms with Gasteiger partial charge in [-0.1, -0.05) is 176 Å². The maximum absolute atomic E-state index is 6.43. The third-order valence-corrected chi connectivity index (χ3v) is 18.0. The Hall–Kier alpha value is -11.8. The summed E-state index contributed by atoms with van der Waals surface area (Å²) in [6, 6.07) is 92.7. The second-order valence-corrected chi connectivity index (χ2v) is 23.1. The second-order valence-electron chi connectivity index (χ2n) is 22.1. The largest absolute Gasteiger partial charge is 0.456 e. The van der Waals surface area contributed by atoms with Crippen molar-refractivity contribution in [2.24, 2.45) is 0 Å². The number of hydrogen-bond donors (Lipinski definition) is 0. The number of para-hydroxylation sites is 2. The van der Waals surface area contributed by atoms with Crippen LogP contribution in [0.3, 0.4) is 0 Å². The average Bonchev–Trinajstić information content (AvgIpc) is 1.67. The lowest BCUT2D eigenvalue weighted by atomic mass is 9.97. The van der Waals surface area contributed by atoms with Gasteiger partial charge in [0.05, 0.1) is 22.1 Å². The van der Waals surface area contributed by atoms with E-state index in [-0.39, 0.29) is 0 Å². The summed E-state index contributed by atoms with van der Waals surface area (Å²) in [4.78, 5) is 35.9. The summed E-state index contributed by atoms with van der Waals surface area (Å²) in [6.07, 6.45) is 1.88. The SMILES string of the molecule is c1ccc(-c2nc(-c3ccccc3)nc(-c3ccc(-n4c5cc6sc7ccccc7c6cc5c5c(-c6cccc(-c7nc(-c8ccccc8)nc(-c8ccc(-n9c%10ccccc%10c%10cc%11c(cc%109)oc9ccccc9%11)cc8)n7)c6)cccc54)nc3)n2)cc1. The van der Waals surface area contributed by atoms with Gasteiger partial charge in [-0.05, 0) is 96.1 Å². The normalized spacial score (nSPS) is 11.9. The Bertz CT molecular complexity index is 5740. The number of hydrogen-bond acceptors (Lipinski definition) is 9.